The van der Waals surface area contributed by atoms with Crippen LogP contribution in [-0.4, -0.2) is 0 Å². The Labute approximate surface area is 316 Å². The van der Waals surface area contributed by atoms with Crippen LogP contribution in [0.5, 0.6) is 11.5 Å². The van der Waals surface area contributed by atoms with Gasteiger partial charge in [0, 0.05) is 33.5 Å². The van der Waals surface area contributed by atoms with Gasteiger partial charge in [0.15, 0.2) is 0 Å². The summed E-state index contributed by atoms with van der Waals surface area (Å²) in [5, 5.41) is 0. The number of anilines is 3. The number of ether oxygens (including phenoxy) is 1. The summed E-state index contributed by atoms with van der Waals surface area (Å²) in [6, 6.07) is 68.6. The van der Waals surface area contributed by atoms with Crippen LogP contribution in [0.1, 0.15) is 47.2 Å². The molecule has 3 aliphatic rings. The van der Waals surface area contributed by atoms with Gasteiger partial charge in [-0.1, -0.05) is 159 Å². The van der Waals surface area contributed by atoms with E-state index in [-0.39, 0.29) is 5.41 Å². The molecule has 1 heterocycles. The molecular formula is C52H37NO. The lowest BCUT2D eigenvalue weighted by molar-refractivity contribution is 0.436. The average Bonchev–Trinajstić information content (AvgIpc) is 3.65. The van der Waals surface area contributed by atoms with Gasteiger partial charge in [-0.05, 0) is 92.5 Å². The van der Waals surface area contributed by atoms with Gasteiger partial charge < -0.3 is 9.64 Å². The van der Waals surface area contributed by atoms with E-state index in [1.165, 1.54) is 61.3 Å². The smallest absolute Gasteiger partial charge is 0.132 e. The van der Waals surface area contributed by atoms with Crippen LogP contribution in [0, 0.1) is 0 Å². The molecule has 2 nitrogen and oxygen atoms in total. The zero-order valence-corrected chi connectivity index (χ0v) is 30.3. The zero-order valence-electron chi connectivity index (χ0n) is 30.3. The van der Waals surface area contributed by atoms with Crippen molar-refractivity contribution in [2.24, 2.45) is 0 Å². The number of benzene rings is 8. The first-order chi connectivity index (χ1) is 26.5. The van der Waals surface area contributed by atoms with Crippen molar-refractivity contribution in [1.82, 2.24) is 0 Å². The first-order valence-corrected chi connectivity index (χ1v) is 18.9. The Kier molecular flexibility index (Phi) is 6.55. The number of rotatable bonds is 4. The van der Waals surface area contributed by atoms with Crippen molar-refractivity contribution in [3.63, 3.8) is 0 Å². The number of hydrogen-bond donors (Lipinski definition) is 0. The first-order valence-electron chi connectivity index (χ1n) is 18.9. The lowest BCUT2D eigenvalue weighted by atomic mass is 9.66. The highest BCUT2D eigenvalue weighted by molar-refractivity contribution is 5.95. The summed E-state index contributed by atoms with van der Waals surface area (Å²) in [4.78, 5) is 2.41. The number of nitrogens with zero attached hydrogens (tertiary/aromatic N) is 1. The van der Waals surface area contributed by atoms with Gasteiger partial charge in [-0.3, -0.25) is 0 Å². The Balaban J connectivity index is 1.04. The molecule has 1 aliphatic heterocycles. The lowest BCUT2D eigenvalue weighted by Gasteiger charge is -2.39. The fourth-order valence-corrected chi connectivity index (χ4v) is 9.77. The lowest BCUT2D eigenvalue weighted by Crippen LogP contribution is -2.32. The monoisotopic (exact) mass is 691 g/mol. The van der Waals surface area contributed by atoms with Gasteiger partial charge in [0.1, 0.15) is 11.5 Å². The minimum atomic E-state index is -0.459. The van der Waals surface area contributed by atoms with E-state index in [1.54, 1.807) is 0 Å². The average molecular weight is 692 g/mol. The van der Waals surface area contributed by atoms with Gasteiger partial charge in [0.25, 0.3) is 0 Å². The van der Waals surface area contributed by atoms with Crippen molar-refractivity contribution < 1.29 is 4.74 Å². The second-order valence-electron chi connectivity index (χ2n) is 15.2. The van der Waals surface area contributed by atoms with E-state index in [1.807, 2.05) is 0 Å². The van der Waals surface area contributed by atoms with E-state index in [0.29, 0.717) is 0 Å². The van der Waals surface area contributed by atoms with E-state index in [2.05, 4.69) is 207 Å². The normalized spacial score (nSPS) is 14.6. The summed E-state index contributed by atoms with van der Waals surface area (Å²) in [5.41, 5.74) is 18.1. The van der Waals surface area contributed by atoms with Gasteiger partial charge in [-0.25, -0.2) is 0 Å². The molecule has 8 aromatic rings. The van der Waals surface area contributed by atoms with Crippen LogP contribution < -0.4 is 9.64 Å². The predicted molar refractivity (Wildman–Crippen MR) is 222 cm³/mol. The molecule has 0 amide bonds. The summed E-state index contributed by atoms with van der Waals surface area (Å²) < 4.78 is 6.81. The zero-order chi connectivity index (χ0) is 36.0. The Morgan fingerprint density at radius 3 is 1.65 bits per heavy atom. The largest absolute Gasteiger partial charge is 0.457 e. The minimum Gasteiger partial charge on any atom is -0.457 e. The van der Waals surface area contributed by atoms with Crippen molar-refractivity contribution >= 4 is 17.1 Å². The van der Waals surface area contributed by atoms with Crippen molar-refractivity contribution in [2.45, 2.75) is 24.7 Å². The van der Waals surface area contributed by atoms with Gasteiger partial charge in [-0.15, -0.1) is 0 Å². The SMILES string of the molecule is CC1(C)c2ccccc2-c2c(N(c3ccccc3)c3ccc(-c4ccc5c(c4)Oc4ccccc4C54c5ccccc5-c5ccccc54)cc3)cccc21. The minimum absolute atomic E-state index is 0.0789. The molecular weight excluding hydrogens is 655 g/mol. The quantitative estimate of drug-likeness (QED) is 0.182. The Morgan fingerprint density at radius 1 is 0.389 bits per heavy atom. The molecule has 0 aromatic heterocycles. The third-order valence-electron chi connectivity index (χ3n) is 12.1. The van der Waals surface area contributed by atoms with Crippen molar-refractivity contribution in [3.05, 3.63) is 221 Å². The van der Waals surface area contributed by atoms with Gasteiger partial charge >= 0.3 is 0 Å². The summed E-state index contributed by atoms with van der Waals surface area (Å²) in [5.74, 6) is 1.80. The summed E-state index contributed by atoms with van der Waals surface area (Å²) in [6.07, 6.45) is 0. The molecule has 2 aliphatic carbocycles. The van der Waals surface area contributed by atoms with Crippen LogP contribution in [0.15, 0.2) is 188 Å². The van der Waals surface area contributed by atoms with Crippen LogP contribution in [0.25, 0.3) is 33.4 Å². The highest BCUT2D eigenvalue weighted by Gasteiger charge is 2.51. The van der Waals surface area contributed by atoms with Crippen LogP contribution >= 0.6 is 0 Å². The van der Waals surface area contributed by atoms with Crippen LogP contribution in [0.2, 0.25) is 0 Å². The second kappa shape index (κ2) is 11.4. The molecule has 2 heteroatoms. The van der Waals surface area contributed by atoms with E-state index >= 15 is 0 Å². The van der Waals surface area contributed by atoms with E-state index in [9.17, 15) is 0 Å². The highest BCUT2D eigenvalue weighted by atomic mass is 16.5. The van der Waals surface area contributed by atoms with E-state index in [0.717, 1.165) is 34.0 Å². The topological polar surface area (TPSA) is 12.5 Å². The van der Waals surface area contributed by atoms with Crippen molar-refractivity contribution in [2.75, 3.05) is 4.90 Å². The number of fused-ring (bicyclic) bond motifs is 12. The van der Waals surface area contributed by atoms with Crippen LogP contribution in [-0.2, 0) is 10.8 Å². The molecule has 0 bridgehead atoms. The molecule has 0 unspecified atom stereocenters. The molecule has 1 spiro atoms. The van der Waals surface area contributed by atoms with Crippen molar-refractivity contribution in [3.8, 4) is 44.9 Å². The fraction of sp³-hybridized carbons (Fsp3) is 0.0769. The van der Waals surface area contributed by atoms with Gasteiger partial charge in [0.2, 0.25) is 0 Å². The molecule has 0 atom stereocenters. The Morgan fingerprint density at radius 2 is 0.926 bits per heavy atom. The molecule has 0 saturated carbocycles. The van der Waals surface area contributed by atoms with E-state index < -0.39 is 5.41 Å². The van der Waals surface area contributed by atoms with Crippen molar-refractivity contribution in [1.29, 1.82) is 0 Å². The molecule has 256 valence electrons. The Bertz CT molecular complexity index is 2730. The first kappa shape index (κ1) is 30.9. The standard InChI is InChI=1S/C52H37NO/c1-51(2)41-20-9-8-19-40(41)50-46(51)24-14-25-47(50)53(36-15-4-3-5-16-36)37-30-27-34(28-31-37)35-29-32-45-49(33-35)54-48-26-13-12-23-44(48)52(45)42-21-10-6-17-38(42)39-18-7-11-22-43(39)52/h3-33H,1-2H3. The number of hydrogen-bond acceptors (Lipinski definition) is 2. The molecule has 0 saturated heterocycles. The van der Waals surface area contributed by atoms with E-state index in [4.69, 9.17) is 4.74 Å². The third kappa shape index (κ3) is 4.17. The van der Waals surface area contributed by atoms with Crippen LogP contribution in [0.3, 0.4) is 0 Å². The fourth-order valence-electron chi connectivity index (χ4n) is 9.77. The molecule has 54 heavy (non-hydrogen) atoms. The predicted octanol–water partition coefficient (Wildman–Crippen LogP) is 13.6. The maximum absolute atomic E-state index is 6.81. The summed E-state index contributed by atoms with van der Waals surface area (Å²) in [6.45, 7) is 4.69. The maximum Gasteiger partial charge on any atom is 0.132 e. The van der Waals surface area contributed by atoms with Crippen LogP contribution in [0.4, 0.5) is 17.1 Å². The summed E-state index contributed by atoms with van der Waals surface area (Å²) in [7, 11) is 0. The molecule has 0 N–H and O–H groups in total. The maximum atomic E-state index is 6.81. The second-order valence-corrected chi connectivity index (χ2v) is 15.2. The molecule has 0 radical (unpaired) electrons. The third-order valence-corrected chi connectivity index (χ3v) is 12.1. The summed E-state index contributed by atoms with van der Waals surface area (Å²) >= 11 is 0. The molecule has 11 rings (SSSR count). The van der Waals surface area contributed by atoms with Gasteiger partial charge in [0.05, 0.1) is 11.1 Å². The highest BCUT2D eigenvalue weighted by Crippen LogP contribution is 2.62. The molecule has 8 aromatic carbocycles. The Hall–Kier alpha value is -6.64. The van der Waals surface area contributed by atoms with Gasteiger partial charge in [-0.2, -0.15) is 0 Å². The number of para-hydroxylation sites is 2. The molecule has 0 fully saturated rings.